The standard InChI is InChI=1S/C14H15NO4/c1-4-18-11-8-6-5-7-10(11)13-12(14(16)17-3)9(2)19-15-13/h5-8H,4H2,1-3H3. The van der Waals surface area contributed by atoms with Crippen LogP contribution in [0, 0.1) is 6.92 Å². The third kappa shape index (κ3) is 2.45. The number of ether oxygens (including phenoxy) is 2. The highest BCUT2D eigenvalue weighted by molar-refractivity contribution is 5.97. The van der Waals surface area contributed by atoms with Crippen LogP contribution in [0.1, 0.15) is 23.0 Å². The topological polar surface area (TPSA) is 61.6 Å². The lowest BCUT2D eigenvalue weighted by atomic mass is 10.1. The fourth-order valence-electron chi connectivity index (χ4n) is 1.84. The molecule has 2 aromatic rings. The average Bonchev–Trinajstić information content (AvgIpc) is 2.81. The number of aryl methyl sites for hydroxylation is 1. The van der Waals surface area contributed by atoms with Crippen molar-refractivity contribution in [1.29, 1.82) is 0 Å². The van der Waals surface area contributed by atoms with E-state index in [-0.39, 0.29) is 0 Å². The number of carbonyl (C=O) groups is 1. The normalized spacial score (nSPS) is 10.3. The van der Waals surface area contributed by atoms with E-state index >= 15 is 0 Å². The minimum atomic E-state index is -0.472. The third-order valence-electron chi connectivity index (χ3n) is 2.69. The van der Waals surface area contributed by atoms with Gasteiger partial charge in [-0.1, -0.05) is 17.3 Å². The zero-order chi connectivity index (χ0) is 13.8. The molecule has 0 aliphatic heterocycles. The summed E-state index contributed by atoms with van der Waals surface area (Å²) in [4.78, 5) is 11.8. The Kier molecular flexibility index (Phi) is 3.85. The summed E-state index contributed by atoms with van der Waals surface area (Å²) in [5.41, 5.74) is 1.48. The first-order valence-corrected chi connectivity index (χ1v) is 5.95. The van der Waals surface area contributed by atoms with Gasteiger partial charge in [0.05, 0.1) is 13.7 Å². The van der Waals surface area contributed by atoms with Crippen molar-refractivity contribution in [2.45, 2.75) is 13.8 Å². The van der Waals surface area contributed by atoms with Gasteiger partial charge >= 0.3 is 5.97 Å². The number of hydrogen-bond acceptors (Lipinski definition) is 5. The Morgan fingerprint density at radius 2 is 2.11 bits per heavy atom. The zero-order valence-electron chi connectivity index (χ0n) is 11.1. The van der Waals surface area contributed by atoms with Gasteiger partial charge in [0.1, 0.15) is 22.8 Å². The molecule has 0 bridgehead atoms. The maximum atomic E-state index is 11.8. The quantitative estimate of drug-likeness (QED) is 0.792. The summed E-state index contributed by atoms with van der Waals surface area (Å²) < 4.78 is 15.4. The highest BCUT2D eigenvalue weighted by Gasteiger charge is 2.24. The molecular weight excluding hydrogens is 246 g/mol. The summed E-state index contributed by atoms with van der Waals surface area (Å²) in [6.45, 7) is 4.10. The van der Waals surface area contributed by atoms with E-state index in [1.807, 2.05) is 31.2 Å². The lowest BCUT2D eigenvalue weighted by Gasteiger charge is -2.08. The average molecular weight is 261 g/mol. The molecule has 0 radical (unpaired) electrons. The fraction of sp³-hybridized carbons (Fsp3) is 0.286. The van der Waals surface area contributed by atoms with Gasteiger partial charge in [0.15, 0.2) is 0 Å². The van der Waals surface area contributed by atoms with E-state index in [1.165, 1.54) is 7.11 Å². The molecule has 0 unspecified atom stereocenters. The van der Waals surface area contributed by atoms with Crippen LogP contribution in [0.5, 0.6) is 5.75 Å². The smallest absolute Gasteiger partial charge is 0.343 e. The highest BCUT2D eigenvalue weighted by Crippen LogP contribution is 2.33. The van der Waals surface area contributed by atoms with Crippen LogP contribution in [0.15, 0.2) is 28.8 Å². The van der Waals surface area contributed by atoms with Crippen molar-refractivity contribution in [3.63, 3.8) is 0 Å². The Labute approximate surface area is 111 Å². The molecule has 0 amide bonds. The third-order valence-corrected chi connectivity index (χ3v) is 2.69. The van der Waals surface area contributed by atoms with Crippen molar-refractivity contribution < 1.29 is 18.8 Å². The number of benzene rings is 1. The Hall–Kier alpha value is -2.30. The van der Waals surface area contributed by atoms with Crippen molar-refractivity contribution >= 4 is 5.97 Å². The van der Waals surface area contributed by atoms with Crippen molar-refractivity contribution in [1.82, 2.24) is 5.16 Å². The van der Waals surface area contributed by atoms with Crippen LogP contribution in [-0.2, 0) is 4.74 Å². The number of methoxy groups -OCH3 is 1. The Bertz CT molecular complexity index is 589. The lowest BCUT2D eigenvalue weighted by Crippen LogP contribution is -2.04. The van der Waals surface area contributed by atoms with E-state index in [9.17, 15) is 4.79 Å². The lowest BCUT2D eigenvalue weighted by molar-refractivity contribution is 0.0599. The zero-order valence-corrected chi connectivity index (χ0v) is 11.1. The summed E-state index contributed by atoms with van der Waals surface area (Å²) in [6.07, 6.45) is 0. The maximum Gasteiger partial charge on any atom is 0.343 e. The molecule has 1 heterocycles. The maximum absolute atomic E-state index is 11.8. The van der Waals surface area contributed by atoms with Crippen molar-refractivity contribution in [2.75, 3.05) is 13.7 Å². The van der Waals surface area contributed by atoms with E-state index < -0.39 is 5.97 Å². The molecule has 0 atom stereocenters. The van der Waals surface area contributed by atoms with E-state index in [4.69, 9.17) is 14.0 Å². The van der Waals surface area contributed by atoms with E-state index in [1.54, 1.807) is 6.92 Å². The SMILES string of the molecule is CCOc1ccccc1-c1noc(C)c1C(=O)OC. The number of para-hydroxylation sites is 1. The molecule has 1 aromatic carbocycles. The summed E-state index contributed by atoms with van der Waals surface area (Å²) in [7, 11) is 1.33. The molecule has 0 N–H and O–H groups in total. The number of carbonyl (C=O) groups excluding carboxylic acids is 1. The Morgan fingerprint density at radius 1 is 1.37 bits per heavy atom. The van der Waals surface area contributed by atoms with Gasteiger partial charge in [-0.25, -0.2) is 4.79 Å². The van der Waals surface area contributed by atoms with Crippen molar-refractivity contribution in [2.24, 2.45) is 0 Å². The molecule has 0 aliphatic carbocycles. The van der Waals surface area contributed by atoms with E-state index in [0.29, 0.717) is 34.9 Å². The number of hydrogen-bond donors (Lipinski definition) is 0. The van der Waals surface area contributed by atoms with Crippen LogP contribution >= 0.6 is 0 Å². The monoisotopic (exact) mass is 261 g/mol. The molecule has 5 heteroatoms. The number of aromatic nitrogens is 1. The second kappa shape index (κ2) is 5.56. The minimum absolute atomic E-state index is 0.328. The van der Waals surface area contributed by atoms with Crippen LogP contribution < -0.4 is 4.74 Å². The molecular formula is C14H15NO4. The fourth-order valence-corrected chi connectivity index (χ4v) is 1.84. The van der Waals surface area contributed by atoms with Crippen LogP contribution in [-0.4, -0.2) is 24.8 Å². The van der Waals surface area contributed by atoms with Crippen molar-refractivity contribution in [3.8, 4) is 17.0 Å². The Balaban J connectivity index is 2.56. The summed E-state index contributed by atoms with van der Waals surface area (Å²) >= 11 is 0. The second-order valence-corrected chi connectivity index (χ2v) is 3.88. The molecule has 100 valence electrons. The molecule has 19 heavy (non-hydrogen) atoms. The molecule has 0 saturated carbocycles. The first-order valence-electron chi connectivity index (χ1n) is 5.95. The van der Waals surface area contributed by atoms with Crippen LogP contribution in [0.2, 0.25) is 0 Å². The summed E-state index contributed by atoms with van der Waals surface area (Å²) in [5, 5.41) is 3.94. The molecule has 0 fully saturated rings. The van der Waals surface area contributed by atoms with Crippen molar-refractivity contribution in [3.05, 3.63) is 35.6 Å². The van der Waals surface area contributed by atoms with E-state index in [0.717, 1.165) is 0 Å². The van der Waals surface area contributed by atoms with Gasteiger partial charge in [0.2, 0.25) is 0 Å². The first-order chi connectivity index (χ1) is 9.19. The van der Waals surface area contributed by atoms with Gasteiger partial charge in [-0.2, -0.15) is 0 Å². The predicted molar refractivity (Wildman–Crippen MR) is 69.2 cm³/mol. The molecule has 1 aromatic heterocycles. The van der Waals surface area contributed by atoms with Crippen LogP contribution in [0.25, 0.3) is 11.3 Å². The van der Waals surface area contributed by atoms with Gasteiger partial charge in [-0.05, 0) is 26.0 Å². The number of esters is 1. The summed E-state index contributed by atoms with van der Waals surface area (Å²) in [6, 6.07) is 7.36. The van der Waals surface area contributed by atoms with Gasteiger partial charge in [-0.3, -0.25) is 0 Å². The first kappa shape index (κ1) is 13.1. The Morgan fingerprint density at radius 3 is 2.79 bits per heavy atom. The molecule has 0 aliphatic rings. The van der Waals surface area contributed by atoms with Crippen LogP contribution in [0.4, 0.5) is 0 Å². The number of nitrogens with zero attached hydrogens (tertiary/aromatic N) is 1. The van der Waals surface area contributed by atoms with Gasteiger partial charge in [0.25, 0.3) is 0 Å². The second-order valence-electron chi connectivity index (χ2n) is 3.88. The molecule has 0 saturated heterocycles. The van der Waals surface area contributed by atoms with Gasteiger partial charge in [0, 0.05) is 5.56 Å². The molecule has 0 spiro atoms. The molecule has 2 rings (SSSR count). The number of rotatable bonds is 4. The molecule has 5 nitrogen and oxygen atoms in total. The highest BCUT2D eigenvalue weighted by atomic mass is 16.5. The largest absolute Gasteiger partial charge is 0.493 e. The van der Waals surface area contributed by atoms with E-state index in [2.05, 4.69) is 5.16 Å². The van der Waals surface area contributed by atoms with Gasteiger partial charge < -0.3 is 14.0 Å². The minimum Gasteiger partial charge on any atom is -0.493 e. The van der Waals surface area contributed by atoms with Crippen LogP contribution in [0.3, 0.4) is 0 Å². The van der Waals surface area contributed by atoms with Gasteiger partial charge in [-0.15, -0.1) is 0 Å². The predicted octanol–water partition coefficient (Wildman–Crippen LogP) is 2.84. The summed E-state index contributed by atoms with van der Waals surface area (Å²) in [5.74, 6) is 0.608.